The Kier molecular flexibility index (Phi) is 6.88. The second-order valence-electron chi connectivity index (χ2n) is 8.12. The molecule has 5 heteroatoms. The van der Waals surface area contributed by atoms with Crippen LogP contribution in [0.2, 0.25) is 0 Å². The van der Waals surface area contributed by atoms with Gasteiger partial charge in [0.1, 0.15) is 5.54 Å². The van der Waals surface area contributed by atoms with Crippen LogP contribution in [0, 0.1) is 17.2 Å². The zero-order valence-electron chi connectivity index (χ0n) is 16.7. The minimum Gasteiger partial charge on any atom is -0.337 e. The van der Waals surface area contributed by atoms with Gasteiger partial charge >= 0.3 is 0 Å². The summed E-state index contributed by atoms with van der Waals surface area (Å²) in [7, 11) is 0. The van der Waals surface area contributed by atoms with Crippen molar-refractivity contribution in [1.29, 1.82) is 5.26 Å². The molecule has 0 unspecified atom stereocenters. The number of thiophene rings is 1. The molecule has 1 saturated carbocycles. The van der Waals surface area contributed by atoms with Gasteiger partial charge in [0.15, 0.2) is 0 Å². The molecule has 1 aromatic carbocycles. The fourth-order valence-electron chi connectivity index (χ4n) is 3.90. The van der Waals surface area contributed by atoms with Crippen molar-refractivity contribution in [2.24, 2.45) is 5.92 Å². The fourth-order valence-corrected chi connectivity index (χ4v) is 4.73. The van der Waals surface area contributed by atoms with Gasteiger partial charge in [-0.1, -0.05) is 44.2 Å². The minimum absolute atomic E-state index is 0.0273. The molecule has 1 heterocycles. The first kappa shape index (κ1) is 20.6. The second kappa shape index (κ2) is 9.36. The largest absolute Gasteiger partial charge is 0.337 e. The van der Waals surface area contributed by atoms with Crippen LogP contribution in [0.5, 0.6) is 0 Å². The van der Waals surface area contributed by atoms with Crippen LogP contribution in [-0.2, 0) is 11.2 Å². The first-order chi connectivity index (χ1) is 13.5. The number of nitrogens with zero attached hydrogens (tertiary/aromatic N) is 1. The third-order valence-electron chi connectivity index (χ3n) is 5.30. The summed E-state index contributed by atoms with van der Waals surface area (Å²) in [4.78, 5) is 13.7. The van der Waals surface area contributed by atoms with Gasteiger partial charge in [0, 0.05) is 4.88 Å². The summed E-state index contributed by atoms with van der Waals surface area (Å²) in [5, 5.41) is 17.9. The van der Waals surface area contributed by atoms with E-state index in [0.29, 0.717) is 5.92 Å². The molecule has 3 rings (SSSR count). The predicted molar refractivity (Wildman–Crippen MR) is 114 cm³/mol. The number of benzene rings is 1. The van der Waals surface area contributed by atoms with Crippen LogP contribution in [0.25, 0.3) is 0 Å². The maximum Gasteiger partial charge on any atom is 0.235 e. The van der Waals surface area contributed by atoms with Gasteiger partial charge in [0.05, 0.1) is 18.7 Å². The Labute approximate surface area is 172 Å². The van der Waals surface area contributed by atoms with Crippen molar-refractivity contribution in [3.63, 3.8) is 0 Å². The van der Waals surface area contributed by atoms with Crippen molar-refractivity contribution in [3.05, 3.63) is 57.8 Å². The molecule has 1 fully saturated rings. The highest BCUT2D eigenvalue weighted by atomic mass is 32.1. The Morgan fingerprint density at radius 3 is 2.50 bits per heavy atom. The van der Waals surface area contributed by atoms with Gasteiger partial charge in [0.25, 0.3) is 0 Å². The molecule has 0 radical (unpaired) electrons. The summed E-state index contributed by atoms with van der Waals surface area (Å²) in [6.45, 7) is 4.64. The number of nitrogens with one attached hydrogen (secondary N) is 2. The standard InChI is InChI=1S/C23H29N3OS/c1-17(2)14-18-7-9-19(10-8-18)22(20-6-5-13-28-20)25-15-21(27)26-23(16-24)11-3-4-12-23/h5-10,13,17,22,25H,3-4,11-12,14-15H2,1-2H3,(H,26,27)/t22-/m1/s1. The van der Waals surface area contributed by atoms with Crippen LogP contribution in [0.3, 0.4) is 0 Å². The highest BCUT2D eigenvalue weighted by Gasteiger charge is 2.35. The average Bonchev–Trinajstić information content (AvgIpc) is 3.35. The van der Waals surface area contributed by atoms with Gasteiger partial charge in [-0.3, -0.25) is 10.1 Å². The summed E-state index contributed by atoms with van der Waals surface area (Å²) < 4.78 is 0. The van der Waals surface area contributed by atoms with Gasteiger partial charge in [-0.25, -0.2) is 0 Å². The molecule has 1 aromatic heterocycles. The van der Waals surface area contributed by atoms with E-state index in [2.05, 4.69) is 66.3 Å². The molecule has 1 aliphatic rings. The van der Waals surface area contributed by atoms with Gasteiger partial charge in [0.2, 0.25) is 5.91 Å². The zero-order valence-corrected chi connectivity index (χ0v) is 17.5. The third kappa shape index (κ3) is 5.21. The van der Waals surface area contributed by atoms with E-state index in [1.165, 1.54) is 10.4 Å². The number of carbonyl (C=O) groups is 1. The topological polar surface area (TPSA) is 64.9 Å². The zero-order chi connectivity index (χ0) is 20.0. The van der Waals surface area contributed by atoms with Crippen LogP contribution in [-0.4, -0.2) is 18.0 Å². The Hall–Kier alpha value is -2.16. The Morgan fingerprint density at radius 1 is 1.21 bits per heavy atom. The van der Waals surface area contributed by atoms with E-state index in [4.69, 9.17) is 0 Å². The second-order valence-corrected chi connectivity index (χ2v) is 9.10. The van der Waals surface area contributed by atoms with E-state index in [1.54, 1.807) is 11.3 Å². The number of nitriles is 1. The molecule has 4 nitrogen and oxygen atoms in total. The van der Waals surface area contributed by atoms with E-state index < -0.39 is 5.54 Å². The van der Waals surface area contributed by atoms with Gasteiger partial charge in [-0.15, -0.1) is 11.3 Å². The van der Waals surface area contributed by atoms with Crippen molar-refractivity contribution >= 4 is 17.2 Å². The lowest BCUT2D eigenvalue weighted by Crippen LogP contribution is -2.48. The van der Waals surface area contributed by atoms with Crippen LogP contribution in [0.15, 0.2) is 41.8 Å². The molecular weight excluding hydrogens is 366 g/mol. The van der Waals surface area contributed by atoms with E-state index in [-0.39, 0.29) is 18.5 Å². The monoisotopic (exact) mass is 395 g/mol. The Balaban J connectivity index is 1.68. The van der Waals surface area contributed by atoms with Crippen LogP contribution in [0.1, 0.15) is 61.6 Å². The van der Waals surface area contributed by atoms with Crippen LogP contribution >= 0.6 is 11.3 Å². The average molecular weight is 396 g/mol. The van der Waals surface area contributed by atoms with E-state index >= 15 is 0 Å². The number of hydrogen-bond donors (Lipinski definition) is 2. The number of hydrogen-bond acceptors (Lipinski definition) is 4. The molecule has 0 spiro atoms. The molecule has 1 atom stereocenters. The number of carbonyl (C=O) groups excluding carboxylic acids is 1. The number of rotatable bonds is 8. The third-order valence-corrected chi connectivity index (χ3v) is 6.24. The highest BCUT2D eigenvalue weighted by molar-refractivity contribution is 7.10. The maximum absolute atomic E-state index is 12.5. The highest BCUT2D eigenvalue weighted by Crippen LogP contribution is 2.29. The normalized spacial score (nSPS) is 16.6. The summed E-state index contributed by atoms with van der Waals surface area (Å²) >= 11 is 1.68. The molecule has 0 aliphatic heterocycles. The van der Waals surface area contributed by atoms with Gasteiger partial charge in [-0.05, 0) is 60.6 Å². The molecule has 0 saturated heterocycles. The van der Waals surface area contributed by atoms with Crippen LogP contribution < -0.4 is 10.6 Å². The first-order valence-corrected chi connectivity index (χ1v) is 11.0. The smallest absolute Gasteiger partial charge is 0.235 e. The van der Waals surface area contributed by atoms with Crippen molar-refractivity contribution < 1.29 is 4.79 Å². The van der Waals surface area contributed by atoms with E-state index in [0.717, 1.165) is 37.7 Å². The van der Waals surface area contributed by atoms with Crippen LogP contribution in [0.4, 0.5) is 0 Å². The predicted octanol–water partition coefficient (Wildman–Crippen LogP) is 4.58. The summed E-state index contributed by atoms with van der Waals surface area (Å²) in [5.74, 6) is 0.519. The van der Waals surface area contributed by atoms with Crippen molar-refractivity contribution in [2.75, 3.05) is 6.54 Å². The fraction of sp³-hybridized carbons (Fsp3) is 0.478. The lowest BCUT2D eigenvalue weighted by molar-refractivity contribution is -0.121. The Morgan fingerprint density at radius 2 is 1.93 bits per heavy atom. The van der Waals surface area contributed by atoms with Crippen molar-refractivity contribution in [1.82, 2.24) is 10.6 Å². The molecule has 1 amide bonds. The van der Waals surface area contributed by atoms with E-state index in [1.807, 2.05) is 6.07 Å². The minimum atomic E-state index is -0.671. The van der Waals surface area contributed by atoms with Gasteiger partial charge < -0.3 is 5.32 Å². The molecular formula is C23H29N3OS. The van der Waals surface area contributed by atoms with Gasteiger partial charge in [-0.2, -0.15) is 5.26 Å². The van der Waals surface area contributed by atoms with Crippen molar-refractivity contribution in [2.45, 2.75) is 57.5 Å². The first-order valence-electron chi connectivity index (χ1n) is 10.1. The quantitative estimate of drug-likeness (QED) is 0.688. The maximum atomic E-state index is 12.5. The molecule has 148 valence electrons. The van der Waals surface area contributed by atoms with E-state index in [9.17, 15) is 10.1 Å². The molecule has 2 N–H and O–H groups in total. The summed E-state index contributed by atoms with van der Waals surface area (Å²) in [5.41, 5.74) is 1.81. The molecule has 0 bridgehead atoms. The van der Waals surface area contributed by atoms with Crippen molar-refractivity contribution in [3.8, 4) is 6.07 Å². The summed E-state index contributed by atoms with van der Waals surface area (Å²) in [6, 6.07) is 15.1. The lowest BCUT2D eigenvalue weighted by Gasteiger charge is -2.24. The molecule has 1 aliphatic carbocycles. The SMILES string of the molecule is CC(C)Cc1ccc([C@@H](NCC(=O)NC2(C#N)CCCC2)c2cccs2)cc1. The molecule has 28 heavy (non-hydrogen) atoms. The Bertz CT molecular complexity index is 799. The molecule has 2 aromatic rings. The summed E-state index contributed by atoms with van der Waals surface area (Å²) in [6.07, 6.45) is 4.57. The number of amides is 1. The lowest BCUT2D eigenvalue weighted by atomic mass is 9.98.